The number of hydrogen-bond acceptors (Lipinski definition) is 5. The summed E-state index contributed by atoms with van der Waals surface area (Å²) < 4.78 is 36.7. The molecule has 0 aliphatic carbocycles. The van der Waals surface area contributed by atoms with E-state index in [-0.39, 0.29) is 11.0 Å². The second-order valence-corrected chi connectivity index (χ2v) is 3.54. The molecule has 2 rings (SSSR count). The number of amides is 1. The minimum atomic E-state index is -4.70. The number of aromatic amines is 1. The molecule has 2 aromatic heterocycles. The third kappa shape index (κ3) is 3.16. The number of carbonyl (C=O) groups is 1. The minimum absolute atomic E-state index is 0.0322. The average molecular weight is 293 g/mol. The number of hydrogen-bond donors (Lipinski definition) is 2. The van der Waals surface area contributed by atoms with Gasteiger partial charge >= 0.3 is 6.18 Å². The summed E-state index contributed by atoms with van der Waals surface area (Å²) in [6.45, 7) is 0. The largest absolute Gasteiger partial charge is 0.451 e. The second-order valence-electron chi connectivity index (χ2n) is 3.20. The Labute approximate surface area is 108 Å². The molecule has 0 aliphatic heterocycles. The highest BCUT2D eigenvalue weighted by molar-refractivity contribution is 6.28. The number of carbonyl (C=O) groups excluding carboxylic acids is 1. The van der Waals surface area contributed by atoms with Crippen LogP contribution in [0.2, 0.25) is 5.28 Å². The van der Waals surface area contributed by atoms with Gasteiger partial charge in [0.1, 0.15) is 0 Å². The third-order valence-corrected chi connectivity index (χ3v) is 2.03. The number of anilines is 1. The van der Waals surface area contributed by atoms with Gasteiger partial charge in [-0.1, -0.05) is 0 Å². The number of halogens is 4. The SMILES string of the molecule is O=C(Nc1cnc(Cl)nc1)c1n[nH]c(C(F)(F)F)n1. The fraction of sp³-hybridized carbons (Fsp3) is 0.125. The first kappa shape index (κ1) is 13.2. The van der Waals surface area contributed by atoms with E-state index in [1.165, 1.54) is 12.4 Å². The normalized spacial score (nSPS) is 11.4. The molecule has 0 unspecified atom stereocenters. The van der Waals surface area contributed by atoms with Gasteiger partial charge in [0.25, 0.3) is 5.91 Å². The van der Waals surface area contributed by atoms with Gasteiger partial charge in [0.05, 0.1) is 18.1 Å². The lowest BCUT2D eigenvalue weighted by Crippen LogP contribution is -2.15. The number of aromatic nitrogens is 5. The van der Waals surface area contributed by atoms with E-state index in [4.69, 9.17) is 11.6 Å². The fourth-order valence-corrected chi connectivity index (χ4v) is 1.15. The van der Waals surface area contributed by atoms with Crippen LogP contribution in [0.25, 0.3) is 0 Å². The topological polar surface area (TPSA) is 96.5 Å². The fourth-order valence-electron chi connectivity index (χ4n) is 1.05. The van der Waals surface area contributed by atoms with Gasteiger partial charge in [-0.3, -0.25) is 9.89 Å². The molecular weight excluding hydrogens is 289 g/mol. The van der Waals surface area contributed by atoms with E-state index >= 15 is 0 Å². The maximum absolute atomic E-state index is 12.2. The van der Waals surface area contributed by atoms with Gasteiger partial charge in [0.2, 0.25) is 16.9 Å². The summed E-state index contributed by atoms with van der Waals surface area (Å²) in [6, 6.07) is 0. The summed E-state index contributed by atoms with van der Waals surface area (Å²) in [5.41, 5.74) is 0.146. The van der Waals surface area contributed by atoms with Crippen LogP contribution in [0, 0.1) is 0 Å². The first-order valence-electron chi connectivity index (χ1n) is 4.65. The molecule has 11 heteroatoms. The molecule has 0 atom stereocenters. The summed E-state index contributed by atoms with van der Waals surface area (Å²) in [5, 5.41) is 6.97. The Morgan fingerprint density at radius 2 is 1.95 bits per heavy atom. The zero-order chi connectivity index (χ0) is 14.0. The van der Waals surface area contributed by atoms with Crippen molar-refractivity contribution in [3.05, 3.63) is 29.3 Å². The Hall–Kier alpha value is -2.23. The molecule has 0 aliphatic rings. The second kappa shape index (κ2) is 4.80. The standard InChI is InChI=1S/C8H4ClF3N6O/c9-7-13-1-3(2-14-7)15-5(19)4-16-6(18-17-4)8(10,11)12/h1-2H,(H,15,19)(H,16,17,18). The van der Waals surface area contributed by atoms with E-state index in [1.807, 2.05) is 0 Å². The van der Waals surface area contributed by atoms with Crippen LogP contribution in [0.1, 0.15) is 16.4 Å². The molecule has 2 N–H and O–H groups in total. The lowest BCUT2D eigenvalue weighted by atomic mass is 10.5. The summed E-state index contributed by atoms with van der Waals surface area (Å²) >= 11 is 5.43. The molecule has 0 fully saturated rings. The number of alkyl halides is 3. The molecule has 1 amide bonds. The zero-order valence-corrected chi connectivity index (χ0v) is 9.62. The molecule has 0 bridgehead atoms. The molecule has 0 spiro atoms. The van der Waals surface area contributed by atoms with Crippen LogP contribution < -0.4 is 5.32 Å². The maximum atomic E-state index is 12.2. The number of nitrogens with one attached hydrogen (secondary N) is 2. The van der Waals surface area contributed by atoms with E-state index in [0.29, 0.717) is 0 Å². The van der Waals surface area contributed by atoms with Crippen LogP contribution in [0.3, 0.4) is 0 Å². The van der Waals surface area contributed by atoms with E-state index < -0.39 is 23.7 Å². The number of rotatable bonds is 2. The molecule has 0 radical (unpaired) electrons. The van der Waals surface area contributed by atoms with Gasteiger partial charge in [-0.05, 0) is 11.6 Å². The molecule has 0 saturated heterocycles. The highest BCUT2D eigenvalue weighted by atomic mass is 35.5. The van der Waals surface area contributed by atoms with Crippen molar-refractivity contribution in [1.29, 1.82) is 0 Å². The van der Waals surface area contributed by atoms with Gasteiger partial charge in [-0.15, -0.1) is 5.10 Å². The van der Waals surface area contributed by atoms with Crippen LogP contribution in [0.4, 0.5) is 18.9 Å². The summed E-state index contributed by atoms with van der Waals surface area (Å²) in [4.78, 5) is 21.7. The van der Waals surface area contributed by atoms with E-state index in [0.717, 1.165) is 0 Å². The van der Waals surface area contributed by atoms with E-state index in [9.17, 15) is 18.0 Å². The molecule has 2 heterocycles. The Morgan fingerprint density at radius 3 is 2.47 bits per heavy atom. The first-order valence-corrected chi connectivity index (χ1v) is 5.02. The Kier molecular flexibility index (Phi) is 3.34. The predicted molar refractivity (Wildman–Crippen MR) is 56.4 cm³/mol. The van der Waals surface area contributed by atoms with Crippen LogP contribution >= 0.6 is 11.6 Å². The van der Waals surface area contributed by atoms with Crippen molar-refractivity contribution >= 4 is 23.2 Å². The minimum Gasteiger partial charge on any atom is -0.317 e. The molecular formula is C8H4ClF3N6O. The molecule has 7 nitrogen and oxygen atoms in total. The van der Waals surface area contributed by atoms with Crippen LogP contribution in [-0.2, 0) is 6.18 Å². The van der Waals surface area contributed by atoms with Crippen molar-refractivity contribution in [2.24, 2.45) is 0 Å². The molecule has 0 aromatic carbocycles. The number of nitrogens with zero attached hydrogens (tertiary/aromatic N) is 4. The molecule has 19 heavy (non-hydrogen) atoms. The Morgan fingerprint density at radius 1 is 1.32 bits per heavy atom. The predicted octanol–water partition coefficient (Wildman–Crippen LogP) is 1.52. The monoisotopic (exact) mass is 292 g/mol. The molecule has 0 saturated carbocycles. The summed E-state index contributed by atoms with van der Waals surface area (Å²) in [7, 11) is 0. The average Bonchev–Trinajstić information content (AvgIpc) is 2.81. The Bertz CT molecular complexity index is 595. The van der Waals surface area contributed by atoms with Gasteiger partial charge in [0.15, 0.2) is 0 Å². The Balaban J connectivity index is 2.12. The van der Waals surface area contributed by atoms with Crippen LogP contribution in [-0.4, -0.2) is 31.1 Å². The van der Waals surface area contributed by atoms with Gasteiger partial charge in [-0.2, -0.15) is 18.2 Å². The smallest absolute Gasteiger partial charge is 0.317 e. The highest BCUT2D eigenvalue weighted by Crippen LogP contribution is 2.25. The van der Waals surface area contributed by atoms with Gasteiger partial charge < -0.3 is 5.32 Å². The van der Waals surface area contributed by atoms with Crippen molar-refractivity contribution in [1.82, 2.24) is 25.1 Å². The van der Waals surface area contributed by atoms with Crippen molar-refractivity contribution in [3.63, 3.8) is 0 Å². The molecule has 100 valence electrons. The lowest BCUT2D eigenvalue weighted by Gasteiger charge is -2.01. The van der Waals surface area contributed by atoms with Crippen molar-refractivity contribution in [2.45, 2.75) is 6.18 Å². The zero-order valence-electron chi connectivity index (χ0n) is 8.86. The quantitative estimate of drug-likeness (QED) is 0.818. The maximum Gasteiger partial charge on any atom is 0.451 e. The number of H-pyrrole nitrogens is 1. The molecule has 2 aromatic rings. The summed E-state index contributed by atoms with van der Waals surface area (Å²) in [5.74, 6) is -2.94. The van der Waals surface area contributed by atoms with Gasteiger partial charge in [0, 0.05) is 0 Å². The lowest BCUT2D eigenvalue weighted by molar-refractivity contribution is -0.144. The van der Waals surface area contributed by atoms with E-state index in [1.54, 1.807) is 5.10 Å². The van der Waals surface area contributed by atoms with Crippen LogP contribution in [0.5, 0.6) is 0 Å². The van der Waals surface area contributed by atoms with Crippen molar-refractivity contribution in [2.75, 3.05) is 5.32 Å². The van der Waals surface area contributed by atoms with Crippen LogP contribution in [0.15, 0.2) is 12.4 Å². The highest BCUT2D eigenvalue weighted by Gasteiger charge is 2.36. The summed E-state index contributed by atoms with van der Waals surface area (Å²) in [6.07, 6.45) is -2.33. The van der Waals surface area contributed by atoms with Crippen molar-refractivity contribution in [3.8, 4) is 0 Å². The third-order valence-electron chi connectivity index (χ3n) is 1.84. The van der Waals surface area contributed by atoms with Gasteiger partial charge in [-0.25, -0.2) is 9.97 Å². The van der Waals surface area contributed by atoms with Crippen molar-refractivity contribution < 1.29 is 18.0 Å². The van der Waals surface area contributed by atoms with E-state index in [2.05, 4.69) is 25.4 Å². The first-order chi connectivity index (χ1) is 8.86.